The molecule has 140 valence electrons. The van der Waals surface area contributed by atoms with E-state index in [9.17, 15) is 14.4 Å². The molecule has 26 heavy (non-hydrogen) atoms. The van der Waals surface area contributed by atoms with E-state index in [1.165, 1.54) is 20.0 Å². The lowest BCUT2D eigenvalue weighted by molar-refractivity contribution is -0.222. The van der Waals surface area contributed by atoms with Crippen molar-refractivity contribution in [2.24, 2.45) is 0 Å². The van der Waals surface area contributed by atoms with E-state index in [1.807, 2.05) is 21.0 Å². The van der Waals surface area contributed by atoms with Crippen molar-refractivity contribution in [3.05, 3.63) is 35.5 Å². The first-order chi connectivity index (χ1) is 12.1. The Labute approximate surface area is 152 Å². The Balaban J connectivity index is 2.07. The minimum atomic E-state index is -1.27. The topological polar surface area (TPSA) is 97.0 Å². The highest BCUT2D eigenvalue weighted by atomic mass is 16.7. The number of hydrogen-bond donors (Lipinski definition) is 2. The van der Waals surface area contributed by atoms with E-state index in [2.05, 4.69) is 10.6 Å². The zero-order valence-corrected chi connectivity index (χ0v) is 15.5. The molecule has 0 saturated carbocycles. The maximum absolute atomic E-state index is 11.9. The SMILES string of the molecule is Cc1cc(NC=C2C(=O)OC(C)(C)OC2=O)ccc1NC(=O)CN(C)C. The summed E-state index contributed by atoms with van der Waals surface area (Å²) >= 11 is 0. The highest BCUT2D eigenvalue weighted by Crippen LogP contribution is 2.24. The Morgan fingerprint density at radius 1 is 1.19 bits per heavy atom. The summed E-state index contributed by atoms with van der Waals surface area (Å²) in [5.41, 5.74) is 1.94. The first-order valence-corrected chi connectivity index (χ1v) is 8.06. The Kier molecular flexibility index (Phi) is 5.66. The molecule has 0 radical (unpaired) electrons. The van der Waals surface area contributed by atoms with E-state index < -0.39 is 17.7 Å². The van der Waals surface area contributed by atoms with Crippen molar-refractivity contribution in [1.82, 2.24) is 4.90 Å². The van der Waals surface area contributed by atoms with Gasteiger partial charge in [-0.05, 0) is 44.8 Å². The monoisotopic (exact) mass is 361 g/mol. The largest absolute Gasteiger partial charge is 0.419 e. The highest BCUT2D eigenvalue weighted by Gasteiger charge is 2.38. The summed E-state index contributed by atoms with van der Waals surface area (Å²) in [4.78, 5) is 37.4. The van der Waals surface area contributed by atoms with E-state index in [0.717, 1.165) is 5.56 Å². The van der Waals surface area contributed by atoms with E-state index in [-0.39, 0.29) is 18.0 Å². The third-order valence-electron chi connectivity index (χ3n) is 3.46. The van der Waals surface area contributed by atoms with Gasteiger partial charge in [0, 0.05) is 31.4 Å². The quantitative estimate of drug-likeness (QED) is 0.467. The molecule has 1 amide bonds. The van der Waals surface area contributed by atoms with Crippen LogP contribution in [0, 0.1) is 6.92 Å². The molecule has 2 rings (SSSR count). The van der Waals surface area contributed by atoms with Gasteiger partial charge in [0.1, 0.15) is 0 Å². The second kappa shape index (κ2) is 7.57. The van der Waals surface area contributed by atoms with Gasteiger partial charge in [-0.15, -0.1) is 0 Å². The third-order valence-corrected chi connectivity index (χ3v) is 3.46. The molecule has 0 aliphatic carbocycles. The second-order valence-electron chi connectivity index (χ2n) is 6.70. The molecule has 0 bridgehead atoms. The van der Waals surface area contributed by atoms with Crippen LogP contribution in [-0.2, 0) is 23.9 Å². The molecule has 0 aromatic heterocycles. The van der Waals surface area contributed by atoms with Crippen LogP contribution in [-0.4, -0.2) is 49.2 Å². The van der Waals surface area contributed by atoms with Gasteiger partial charge in [0.05, 0.1) is 6.54 Å². The molecular weight excluding hydrogens is 338 g/mol. The number of carbonyl (C=O) groups excluding carboxylic acids is 3. The van der Waals surface area contributed by atoms with Crippen molar-refractivity contribution in [2.75, 3.05) is 31.3 Å². The van der Waals surface area contributed by atoms with E-state index >= 15 is 0 Å². The van der Waals surface area contributed by atoms with Crippen LogP contribution in [0.2, 0.25) is 0 Å². The van der Waals surface area contributed by atoms with E-state index in [0.29, 0.717) is 11.4 Å². The van der Waals surface area contributed by atoms with Crippen LogP contribution < -0.4 is 10.6 Å². The van der Waals surface area contributed by atoms with E-state index in [4.69, 9.17) is 9.47 Å². The first kappa shape index (κ1) is 19.5. The fourth-order valence-corrected chi connectivity index (χ4v) is 2.30. The molecule has 1 aromatic rings. The molecule has 0 atom stereocenters. The van der Waals surface area contributed by atoms with Crippen LogP contribution >= 0.6 is 0 Å². The summed E-state index contributed by atoms with van der Waals surface area (Å²) in [6.07, 6.45) is 1.25. The average molecular weight is 361 g/mol. The van der Waals surface area contributed by atoms with Crippen molar-refractivity contribution in [3.8, 4) is 0 Å². The van der Waals surface area contributed by atoms with Gasteiger partial charge in [-0.3, -0.25) is 4.79 Å². The lowest BCUT2D eigenvalue weighted by atomic mass is 10.1. The summed E-state index contributed by atoms with van der Waals surface area (Å²) in [5.74, 6) is -2.88. The number of carbonyl (C=O) groups is 3. The van der Waals surface area contributed by atoms with Crippen molar-refractivity contribution < 1.29 is 23.9 Å². The van der Waals surface area contributed by atoms with Crippen LogP contribution in [0.5, 0.6) is 0 Å². The smallest absolute Gasteiger partial charge is 0.350 e. The molecule has 8 nitrogen and oxygen atoms in total. The van der Waals surface area contributed by atoms with Crippen LogP contribution in [0.3, 0.4) is 0 Å². The number of ether oxygens (including phenoxy) is 2. The maximum Gasteiger partial charge on any atom is 0.350 e. The summed E-state index contributed by atoms with van der Waals surface area (Å²) < 4.78 is 10.0. The number of amides is 1. The molecule has 8 heteroatoms. The Hall–Kier alpha value is -2.87. The zero-order chi connectivity index (χ0) is 19.5. The lowest BCUT2D eigenvalue weighted by Gasteiger charge is -2.29. The fourth-order valence-electron chi connectivity index (χ4n) is 2.30. The summed E-state index contributed by atoms with van der Waals surface area (Å²) in [7, 11) is 3.63. The Bertz CT molecular complexity index is 746. The molecule has 0 unspecified atom stereocenters. The van der Waals surface area contributed by atoms with Crippen LogP contribution in [0.1, 0.15) is 19.4 Å². The number of benzene rings is 1. The standard InChI is InChI=1S/C18H23N3O5/c1-11-8-12(6-7-14(11)20-15(22)10-21(4)5)19-9-13-16(23)25-18(2,3)26-17(13)24/h6-9,19H,10H2,1-5H3,(H,20,22). The number of rotatable bonds is 5. The second-order valence-corrected chi connectivity index (χ2v) is 6.70. The lowest BCUT2D eigenvalue weighted by Crippen LogP contribution is -2.42. The Morgan fingerprint density at radius 2 is 1.81 bits per heavy atom. The summed E-state index contributed by atoms with van der Waals surface area (Å²) in [5, 5.41) is 5.70. The highest BCUT2D eigenvalue weighted by molar-refractivity contribution is 6.15. The van der Waals surface area contributed by atoms with Gasteiger partial charge in [-0.25, -0.2) is 9.59 Å². The molecule has 1 heterocycles. The number of likely N-dealkylation sites (N-methyl/N-ethyl adjacent to an activating group) is 1. The van der Waals surface area contributed by atoms with Gasteiger partial charge < -0.3 is 25.0 Å². The molecule has 1 aromatic carbocycles. The van der Waals surface area contributed by atoms with Gasteiger partial charge in [0.2, 0.25) is 5.91 Å². The minimum Gasteiger partial charge on any atom is -0.419 e. The van der Waals surface area contributed by atoms with Crippen molar-refractivity contribution >= 4 is 29.2 Å². The molecule has 1 fully saturated rings. The van der Waals surface area contributed by atoms with E-state index in [1.54, 1.807) is 23.1 Å². The number of aryl methyl sites for hydroxylation is 1. The molecule has 0 spiro atoms. The predicted molar refractivity (Wildman–Crippen MR) is 96.3 cm³/mol. The fraction of sp³-hybridized carbons (Fsp3) is 0.389. The van der Waals surface area contributed by atoms with Gasteiger partial charge in [-0.1, -0.05) is 0 Å². The van der Waals surface area contributed by atoms with Gasteiger partial charge in [-0.2, -0.15) is 0 Å². The average Bonchev–Trinajstić information content (AvgIpc) is 2.47. The molecule has 2 N–H and O–H groups in total. The van der Waals surface area contributed by atoms with Crippen LogP contribution in [0.25, 0.3) is 0 Å². The van der Waals surface area contributed by atoms with Crippen LogP contribution in [0.15, 0.2) is 30.0 Å². The third kappa shape index (κ3) is 5.06. The number of hydrogen-bond acceptors (Lipinski definition) is 7. The number of nitrogens with one attached hydrogen (secondary N) is 2. The summed E-state index contributed by atoms with van der Waals surface area (Å²) in [6, 6.07) is 5.24. The zero-order valence-electron chi connectivity index (χ0n) is 15.5. The molecular formula is C18H23N3O5. The molecule has 1 saturated heterocycles. The first-order valence-electron chi connectivity index (χ1n) is 8.06. The number of anilines is 2. The molecule has 1 aliphatic heterocycles. The van der Waals surface area contributed by atoms with Crippen LogP contribution in [0.4, 0.5) is 11.4 Å². The minimum absolute atomic E-state index is 0.115. The Morgan fingerprint density at radius 3 is 2.35 bits per heavy atom. The number of nitrogens with zero attached hydrogens (tertiary/aromatic N) is 1. The number of cyclic esters (lactones) is 2. The predicted octanol–water partition coefficient (Wildman–Crippen LogP) is 1.63. The summed E-state index contributed by atoms with van der Waals surface area (Å²) in [6.45, 7) is 5.10. The van der Waals surface area contributed by atoms with Crippen molar-refractivity contribution in [1.29, 1.82) is 0 Å². The molecule has 1 aliphatic rings. The van der Waals surface area contributed by atoms with Crippen molar-refractivity contribution in [3.63, 3.8) is 0 Å². The normalized spacial score (nSPS) is 16.0. The maximum atomic E-state index is 11.9. The van der Waals surface area contributed by atoms with Crippen molar-refractivity contribution in [2.45, 2.75) is 26.6 Å². The van der Waals surface area contributed by atoms with Gasteiger partial charge in [0.15, 0.2) is 5.57 Å². The number of esters is 2. The van der Waals surface area contributed by atoms with Gasteiger partial charge in [0.25, 0.3) is 5.79 Å². The van der Waals surface area contributed by atoms with Gasteiger partial charge >= 0.3 is 11.9 Å².